The first-order valence-electron chi connectivity index (χ1n) is 10.7. The van der Waals surface area contributed by atoms with Crippen LogP contribution >= 0.6 is 11.6 Å². The number of rotatable bonds is 4. The lowest BCUT2D eigenvalue weighted by molar-refractivity contribution is -0.191. The molecule has 0 saturated carbocycles. The molecule has 0 fully saturated rings. The number of fused-ring (bicyclic) bond motifs is 1. The van der Waals surface area contributed by atoms with Crippen molar-refractivity contribution in [3.05, 3.63) is 82.4 Å². The summed E-state index contributed by atoms with van der Waals surface area (Å²) in [6.45, 7) is 1.12. The van der Waals surface area contributed by atoms with Gasteiger partial charge in [0, 0.05) is 28.9 Å². The molecule has 0 aromatic heterocycles. The van der Waals surface area contributed by atoms with Gasteiger partial charge in [-0.3, -0.25) is 0 Å². The second-order valence-corrected chi connectivity index (χ2v) is 8.46. The smallest absolute Gasteiger partial charge is 0.427 e. The molecule has 0 amide bonds. The molecule has 10 heteroatoms. The van der Waals surface area contributed by atoms with Gasteiger partial charge in [-0.05, 0) is 60.5 Å². The molecule has 1 aliphatic heterocycles. The maximum Gasteiger partial charge on any atom is 0.427 e. The summed E-state index contributed by atoms with van der Waals surface area (Å²) in [6, 6.07) is 13.9. The zero-order valence-corrected chi connectivity index (χ0v) is 19.1. The summed E-state index contributed by atoms with van der Waals surface area (Å²) in [5, 5.41) is 0.591. The predicted molar refractivity (Wildman–Crippen MR) is 120 cm³/mol. The Morgan fingerprint density at radius 3 is 2.40 bits per heavy atom. The monoisotopic (exact) mass is 515 g/mol. The first-order chi connectivity index (χ1) is 16.4. The average molecular weight is 516 g/mol. The van der Waals surface area contributed by atoms with E-state index < -0.39 is 30.6 Å². The number of aryl methyl sites for hydroxylation is 1. The van der Waals surface area contributed by atoms with E-state index in [2.05, 4.69) is 0 Å². The Labute approximate surface area is 202 Å². The molecule has 186 valence electrons. The average Bonchev–Trinajstić information content (AvgIpc) is 2.99. The molecule has 1 aliphatic rings. The molecule has 0 aliphatic carbocycles. The van der Waals surface area contributed by atoms with E-state index in [4.69, 9.17) is 21.1 Å². The molecule has 0 unspecified atom stereocenters. The zero-order chi connectivity index (χ0) is 25.4. The maximum atomic E-state index is 13.7. The Balaban J connectivity index is 1.67. The number of hydrogen-bond donors (Lipinski definition) is 0. The molecule has 35 heavy (non-hydrogen) atoms. The van der Waals surface area contributed by atoms with Gasteiger partial charge in [-0.1, -0.05) is 24.6 Å². The Hall–Kier alpha value is -3.07. The molecule has 3 nitrogen and oxygen atoms in total. The van der Waals surface area contributed by atoms with Crippen molar-refractivity contribution < 1.29 is 35.8 Å². The van der Waals surface area contributed by atoms with E-state index in [0.29, 0.717) is 34.7 Å². The SMILES string of the molecule is CCc1cc(Oc2cccc(N3Cc4cc(C(F)(F)F)ccc4O[C@H](C(F)(F)F)C3)c2)ccc1Cl. The molecule has 0 saturated heterocycles. The highest BCUT2D eigenvalue weighted by atomic mass is 35.5. The second kappa shape index (κ2) is 9.53. The minimum Gasteiger partial charge on any atom is -0.479 e. The van der Waals surface area contributed by atoms with E-state index in [-0.39, 0.29) is 17.9 Å². The van der Waals surface area contributed by atoms with Crippen LogP contribution < -0.4 is 14.4 Å². The lowest BCUT2D eigenvalue weighted by atomic mass is 10.1. The van der Waals surface area contributed by atoms with E-state index in [1.54, 1.807) is 36.4 Å². The molecule has 1 heterocycles. The molecule has 1 atom stereocenters. The van der Waals surface area contributed by atoms with E-state index in [1.165, 1.54) is 11.0 Å². The minimum atomic E-state index is -4.73. The van der Waals surface area contributed by atoms with Crippen molar-refractivity contribution >= 4 is 17.3 Å². The van der Waals surface area contributed by atoms with Gasteiger partial charge in [-0.2, -0.15) is 26.3 Å². The summed E-state index contributed by atoms with van der Waals surface area (Å²) in [5.41, 5.74) is 0.255. The molecular weight excluding hydrogens is 496 g/mol. The summed E-state index contributed by atoms with van der Waals surface area (Å²) in [5.74, 6) is 0.615. The summed E-state index contributed by atoms with van der Waals surface area (Å²) in [7, 11) is 0. The number of ether oxygens (including phenoxy) is 2. The Morgan fingerprint density at radius 2 is 1.71 bits per heavy atom. The van der Waals surface area contributed by atoms with Crippen LogP contribution in [-0.4, -0.2) is 18.8 Å². The second-order valence-electron chi connectivity index (χ2n) is 8.06. The summed E-state index contributed by atoms with van der Waals surface area (Å²) in [4.78, 5) is 1.33. The van der Waals surface area contributed by atoms with Crippen LogP contribution in [-0.2, 0) is 19.1 Å². The largest absolute Gasteiger partial charge is 0.479 e. The van der Waals surface area contributed by atoms with Crippen molar-refractivity contribution in [3.8, 4) is 17.2 Å². The highest BCUT2D eigenvalue weighted by molar-refractivity contribution is 6.31. The normalized spacial score (nSPS) is 16.3. The van der Waals surface area contributed by atoms with Gasteiger partial charge < -0.3 is 14.4 Å². The van der Waals surface area contributed by atoms with Gasteiger partial charge in [-0.15, -0.1) is 0 Å². The van der Waals surface area contributed by atoms with Crippen LogP contribution in [0.2, 0.25) is 5.02 Å². The van der Waals surface area contributed by atoms with Gasteiger partial charge in [0.05, 0.1) is 12.1 Å². The van der Waals surface area contributed by atoms with Crippen LogP contribution in [0.1, 0.15) is 23.6 Å². The Bertz CT molecular complexity index is 1210. The van der Waals surface area contributed by atoms with Gasteiger partial charge in [0.25, 0.3) is 0 Å². The van der Waals surface area contributed by atoms with Crippen LogP contribution in [0.4, 0.5) is 32.0 Å². The third-order valence-electron chi connectivity index (χ3n) is 5.59. The quantitative estimate of drug-likeness (QED) is 0.328. The Kier molecular flexibility index (Phi) is 6.81. The van der Waals surface area contributed by atoms with Crippen LogP contribution in [0.3, 0.4) is 0 Å². The molecule has 0 radical (unpaired) electrons. The van der Waals surface area contributed by atoms with Crippen LogP contribution in [0, 0.1) is 0 Å². The van der Waals surface area contributed by atoms with Crippen molar-refractivity contribution in [1.29, 1.82) is 0 Å². The number of benzene rings is 3. The number of nitrogens with zero attached hydrogens (tertiary/aromatic N) is 1. The Morgan fingerprint density at radius 1 is 0.971 bits per heavy atom. The standard InChI is InChI=1S/C25H20ClF6NO2/c1-2-15-11-20(7-8-21(15)26)34-19-5-3-4-18(12-19)33-13-16-10-17(24(27,28)29)6-9-22(16)35-23(14-33)25(30,31)32/h3-12,23H,2,13-14H2,1H3/t23-/m0/s1. The summed E-state index contributed by atoms with van der Waals surface area (Å²) >= 11 is 6.14. The van der Waals surface area contributed by atoms with Crippen molar-refractivity contribution in [2.75, 3.05) is 11.4 Å². The fourth-order valence-electron chi connectivity index (χ4n) is 3.79. The number of halogens is 7. The van der Waals surface area contributed by atoms with E-state index >= 15 is 0 Å². The third-order valence-corrected chi connectivity index (χ3v) is 5.95. The van der Waals surface area contributed by atoms with Gasteiger partial charge in [0.1, 0.15) is 17.2 Å². The molecule has 0 bridgehead atoms. The van der Waals surface area contributed by atoms with Crippen molar-refractivity contribution in [2.45, 2.75) is 38.3 Å². The van der Waals surface area contributed by atoms with E-state index in [0.717, 1.165) is 17.7 Å². The van der Waals surface area contributed by atoms with Gasteiger partial charge in [0.2, 0.25) is 6.10 Å². The van der Waals surface area contributed by atoms with Crippen molar-refractivity contribution in [3.63, 3.8) is 0 Å². The third kappa shape index (κ3) is 5.78. The van der Waals surface area contributed by atoms with Crippen LogP contribution in [0.5, 0.6) is 17.2 Å². The first-order valence-corrected chi connectivity index (χ1v) is 11.1. The summed E-state index contributed by atoms with van der Waals surface area (Å²) in [6.07, 6.45) is -10.9. The number of hydrogen-bond acceptors (Lipinski definition) is 3. The van der Waals surface area contributed by atoms with Crippen LogP contribution in [0.15, 0.2) is 60.7 Å². The molecule has 0 N–H and O–H groups in total. The molecular formula is C25H20ClF6NO2. The van der Waals surface area contributed by atoms with Crippen molar-refractivity contribution in [1.82, 2.24) is 0 Å². The number of anilines is 1. The highest BCUT2D eigenvalue weighted by Crippen LogP contribution is 2.38. The molecule has 0 spiro atoms. The van der Waals surface area contributed by atoms with Gasteiger partial charge >= 0.3 is 12.4 Å². The predicted octanol–water partition coefficient (Wildman–Crippen LogP) is 8.04. The molecule has 4 rings (SSSR count). The first kappa shape index (κ1) is 25.0. The molecule has 3 aromatic carbocycles. The number of alkyl halides is 6. The summed E-state index contributed by atoms with van der Waals surface area (Å²) < 4.78 is 91.7. The van der Waals surface area contributed by atoms with E-state index in [1.807, 2.05) is 6.92 Å². The lowest BCUT2D eigenvalue weighted by Crippen LogP contribution is -2.43. The lowest BCUT2D eigenvalue weighted by Gasteiger charge is -2.27. The van der Waals surface area contributed by atoms with E-state index in [9.17, 15) is 26.3 Å². The van der Waals surface area contributed by atoms with Crippen LogP contribution in [0.25, 0.3) is 0 Å². The topological polar surface area (TPSA) is 21.7 Å². The minimum absolute atomic E-state index is 0.00295. The van der Waals surface area contributed by atoms with Crippen molar-refractivity contribution in [2.24, 2.45) is 0 Å². The molecule has 3 aromatic rings. The van der Waals surface area contributed by atoms with Gasteiger partial charge in [-0.25, -0.2) is 0 Å². The maximum absolute atomic E-state index is 13.7. The highest BCUT2D eigenvalue weighted by Gasteiger charge is 2.45. The fraction of sp³-hybridized carbons (Fsp3) is 0.280. The van der Waals surface area contributed by atoms with Gasteiger partial charge in [0.15, 0.2) is 0 Å². The zero-order valence-electron chi connectivity index (χ0n) is 18.4. The fourth-order valence-corrected chi connectivity index (χ4v) is 4.04.